The summed E-state index contributed by atoms with van der Waals surface area (Å²) in [5, 5.41) is 0. The molecule has 0 saturated heterocycles. The van der Waals surface area contributed by atoms with Crippen molar-refractivity contribution in [1.29, 1.82) is 0 Å². The van der Waals surface area contributed by atoms with Gasteiger partial charge in [0.15, 0.2) is 5.69 Å². The Balaban J connectivity index is 2.97. The smallest absolute Gasteiger partial charge is 0.359 e. The van der Waals surface area contributed by atoms with E-state index in [-0.39, 0.29) is 11.4 Å². The summed E-state index contributed by atoms with van der Waals surface area (Å²) in [4.78, 5) is 15.2. The van der Waals surface area contributed by atoms with Gasteiger partial charge in [0, 0.05) is 6.20 Å². The van der Waals surface area contributed by atoms with Crippen LogP contribution in [0.3, 0.4) is 0 Å². The molecule has 0 fully saturated rings. The number of carbonyl (C=O) groups excluding carboxylic acids is 1. The van der Waals surface area contributed by atoms with Crippen molar-refractivity contribution >= 4 is 11.7 Å². The third kappa shape index (κ3) is 2.90. The predicted molar refractivity (Wildman–Crippen MR) is 53.8 cm³/mol. The lowest BCUT2D eigenvalue weighted by molar-refractivity contribution is 0.00637. The molecule has 0 aliphatic rings. The highest BCUT2D eigenvalue weighted by Gasteiger charge is 2.21. The first-order chi connectivity index (χ1) is 6.81. The molecule has 1 aromatic heterocycles. The first-order valence-corrected chi connectivity index (χ1v) is 4.44. The van der Waals surface area contributed by atoms with Crippen LogP contribution in [0.25, 0.3) is 0 Å². The van der Waals surface area contributed by atoms with E-state index in [1.54, 1.807) is 20.8 Å². The molecule has 1 heterocycles. The molecule has 15 heavy (non-hydrogen) atoms. The van der Waals surface area contributed by atoms with Crippen molar-refractivity contribution in [3.05, 3.63) is 23.8 Å². The summed E-state index contributed by atoms with van der Waals surface area (Å²) >= 11 is 0. The zero-order chi connectivity index (χ0) is 11.6. The van der Waals surface area contributed by atoms with E-state index in [2.05, 4.69) is 4.98 Å². The fourth-order valence-electron chi connectivity index (χ4n) is 0.939. The van der Waals surface area contributed by atoms with Crippen LogP contribution >= 0.6 is 0 Å². The standard InChI is InChI=1S/C10H13FN2O2/c1-10(2,3)15-9(14)8-7(12)6(11)4-5-13-8/h4-5H,12H2,1-3H3. The maximum absolute atomic E-state index is 13.0. The normalized spacial score (nSPS) is 11.2. The Bertz CT molecular complexity index is 385. The number of nitrogen functional groups attached to an aromatic ring is 1. The molecule has 4 nitrogen and oxygen atoms in total. The van der Waals surface area contributed by atoms with E-state index in [1.807, 2.05) is 0 Å². The monoisotopic (exact) mass is 212 g/mol. The second-order valence-electron chi connectivity index (χ2n) is 4.06. The average Bonchev–Trinajstić information content (AvgIpc) is 2.06. The number of carbonyl (C=O) groups is 1. The zero-order valence-corrected chi connectivity index (χ0v) is 8.87. The van der Waals surface area contributed by atoms with Crippen LogP contribution in [0.5, 0.6) is 0 Å². The number of halogens is 1. The lowest BCUT2D eigenvalue weighted by Crippen LogP contribution is -2.25. The van der Waals surface area contributed by atoms with Crippen LogP contribution in [0.15, 0.2) is 12.3 Å². The van der Waals surface area contributed by atoms with Gasteiger partial charge in [-0.25, -0.2) is 14.2 Å². The van der Waals surface area contributed by atoms with Gasteiger partial charge >= 0.3 is 5.97 Å². The molecule has 0 amide bonds. The third-order valence-electron chi connectivity index (χ3n) is 1.53. The Kier molecular flexibility index (Phi) is 2.93. The molecule has 0 radical (unpaired) electrons. The Morgan fingerprint density at radius 1 is 1.53 bits per heavy atom. The molecule has 0 aromatic carbocycles. The Hall–Kier alpha value is -1.65. The van der Waals surface area contributed by atoms with E-state index in [0.717, 1.165) is 6.07 Å². The van der Waals surface area contributed by atoms with Gasteiger partial charge in [-0.05, 0) is 26.8 Å². The fraction of sp³-hybridized carbons (Fsp3) is 0.400. The summed E-state index contributed by atoms with van der Waals surface area (Å²) in [7, 11) is 0. The number of anilines is 1. The van der Waals surface area contributed by atoms with E-state index in [1.165, 1.54) is 6.20 Å². The van der Waals surface area contributed by atoms with Gasteiger partial charge in [-0.3, -0.25) is 0 Å². The summed E-state index contributed by atoms with van der Waals surface area (Å²) < 4.78 is 18.0. The van der Waals surface area contributed by atoms with Gasteiger partial charge in [-0.15, -0.1) is 0 Å². The second-order valence-corrected chi connectivity index (χ2v) is 4.06. The van der Waals surface area contributed by atoms with E-state index >= 15 is 0 Å². The first-order valence-electron chi connectivity index (χ1n) is 4.44. The van der Waals surface area contributed by atoms with Crippen LogP contribution in [0.1, 0.15) is 31.3 Å². The average molecular weight is 212 g/mol. The minimum Gasteiger partial charge on any atom is -0.455 e. The minimum absolute atomic E-state index is 0.190. The zero-order valence-electron chi connectivity index (χ0n) is 8.87. The van der Waals surface area contributed by atoms with Crippen LogP contribution in [0.4, 0.5) is 10.1 Å². The summed E-state index contributed by atoms with van der Waals surface area (Å²) in [5.74, 6) is -1.40. The van der Waals surface area contributed by atoms with Gasteiger partial charge in [0.1, 0.15) is 17.1 Å². The maximum Gasteiger partial charge on any atom is 0.359 e. The predicted octanol–water partition coefficient (Wildman–Crippen LogP) is 1.76. The SMILES string of the molecule is CC(C)(C)OC(=O)c1nccc(F)c1N. The largest absolute Gasteiger partial charge is 0.455 e. The summed E-state index contributed by atoms with van der Waals surface area (Å²) in [5.41, 5.74) is 4.23. The maximum atomic E-state index is 13.0. The molecule has 0 atom stereocenters. The number of pyridine rings is 1. The van der Waals surface area contributed by atoms with Gasteiger partial charge in [0.05, 0.1) is 0 Å². The van der Waals surface area contributed by atoms with Crippen LogP contribution in [-0.2, 0) is 4.74 Å². The topological polar surface area (TPSA) is 65.2 Å². The molecule has 1 rings (SSSR count). The highest BCUT2D eigenvalue weighted by molar-refractivity contribution is 5.93. The molecule has 0 saturated carbocycles. The second kappa shape index (κ2) is 3.84. The number of ether oxygens (including phenoxy) is 1. The molecular weight excluding hydrogens is 199 g/mol. The number of rotatable bonds is 1. The molecular formula is C10H13FN2O2. The lowest BCUT2D eigenvalue weighted by atomic mass is 10.2. The summed E-state index contributed by atoms with van der Waals surface area (Å²) in [6, 6.07) is 1.09. The van der Waals surface area contributed by atoms with Crippen LogP contribution in [0.2, 0.25) is 0 Å². The first kappa shape index (κ1) is 11.4. The Morgan fingerprint density at radius 2 is 2.13 bits per heavy atom. The van der Waals surface area contributed by atoms with Gasteiger partial charge in [0.25, 0.3) is 0 Å². The Morgan fingerprint density at radius 3 is 2.67 bits per heavy atom. The van der Waals surface area contributed by atoms with Crippen molar-refractivity contribution in [1.82, 2.24) is 4.98 Å². The highest BCUT2D eigenvalue weighted by Crippen LogP contribution is 2.17. The third-order valence-corrected chi connectivity index (χ3v) is 1.53. The molecule has 0 spiro atoms. The van der Waals surface area contributed by atoms with Crippen molar-refractivity contribution in [2.75, 3.05) is 5.73 Å². The van der Waals surface area contributed by atoms with Crippen LogP contribution in [0, 0.1) is 5.82 Å². The van der Waals surface area contributed by atoms with Crippen LogP contribution < -0.4 is 5.73 Å². The summed E-state index contributed by atoms with van der Waals surface area (Å²) in [6.45, 7) is 5.13. The van der Waals surface area contributed by atoms with Crippen molar-refractivity contribution in [3.63, 3.8) is 0 Å². The van der Waals surface area contributed by atoms with E-state index < -0.39 is 17.4 Å². The number of nitrogens with zero attached hydrogens (tertiary/aromatic N) is 1. The van der Waals surface area contributed by atoms with E-state index in [9.17, 15) is 9.18 Å². The van der Waals surface area contributed by atoms with Gasteiger partial charge < -0.3 is 10.5 Å². The lowest BCUT2D eigenvalue weighted by Gasteiger charge is -2.19. The number of esters is 1. The molecule has 82 valence electrons. The van der Waals surface area contributed by atoms with E-state index in [4.69, 9.17) is 10.5 Å². The van der Waals surface area contributed by atoms with Crippen molar-refractivity contribution in [2.45, 2.75) is 26.4 Å². The molecule has 0 aliphatic carbocycles. The van der Waals surface area contributed by atoms with E-state index in [0.29, 0.717) is 0 Å². The number of hydrogen-bond acceptors (Lipinski definition) is 4. The molecule has 5 heteroatoms. The van der Waals surface area contributed by atoms with Crippen molar-refractivity contribution < 1.29 is 13.9 Å². The fourth-order valence-corrected chi connectivity index (χ4v) is 0.939. The number of aromatic nitrogens is 1. The molecule has 0 aliphatic heterocycles. The van der Waals surface area contributed by atoms with Gasteiger partial charge in [-0.1, -0.05) is 0 Å². The van der Waals surface area contributed by atoms with Gasteiger partial charge in [0.2, 0.25) is 0 Å². The Labute approximate surface area is 87.3 Å². The quantitative estimate of drug-likeness (QED) is 0.720. The molecule has 0 bridgehead atoms. The number of nitrogens with two attached hydrogens (primary N) is 1. The highest BCUT2D eigenvalue weighted by atomic mass is 19.1. The minimum atomic E-state index is -0.723. The van der Waals surface area contributed by atoms with Crippen LogP contribution in [-0.4, -0.2) is 16.6 Å². The molecule has 2 N–H and O–H groups in total. The van der Waals surface area contributed by atoms with Gasteiger partial charge in [-0.2, -0.15) is 0 Å². The van der Waals surface area contributed by atoms with Crippen molar-refractivity contribution in [3.8, 4) is 0 Å². The summed E-state index contributed by atoms with van der Waals surface area (Å²) in [6.07, 6.45) is 1.17. The number of hydrogen-bond donors (Lipinski definition) is 1. The molecule has 0 unspecified atom stereocenters. The van der Waals surface area contributed by atoms with Crippen molar-refractivity contribution in [2.24, 2.45) is 0 Å². The molecule has 1 aromatic rings.